The Morgan fingerprint density at radius 1 is 1.09 bits per heavy atom. The van der Waals surface area contributed by atoms with Crippen LogP contribution < -0.4 is 24.4 Å². The van der Waals surface area contributed by atoms with Crippen LogP contribution in [0.3, 0.4) is 0 Å². The summed E-state index contributed by atoms with van der Waals surface area (Å²) in [4.78, 5) is 19.8. The molecule has 1 saturated heterocycles. The lowest BCUT2D eigenvalue weighted by molar-refractivity contribution is 0.0950. The molecule has 33 heavy (non-hydrogen) atoms. The van der Waals surface area contributed by atoms with Crippen molar-refractivity contribution in [3.05, 3.63) is 42.0 Å². The Bertz CT molecular complexity index is 1040. The van der Waals surface area contributed by atoms with Gasteiger partial charge in [0.15, 0.2) is 17.1 Å². The van der Waals surface area contributed by atoms with Crippen LogP contribution >= 0.6 is 0 Å². The molecule has 1 atom stereocenters. The largest absolute Gasteiger partial charge is 0.490 e. The lowest BCUT2D eigenvalue weighted by Crippen LogP contribution is -2.40. The van der Waals surface area contributed by atoms with Gasteiger partial charge in [-0.2, -0.15) is 4.98 Å². The molecular weight excluding hydrogens is 422 g/mol. The number of hydrogen-bond donors (Lipinski definition) is 1. The predicted octanol–water partition coefficient (Wildman–Crippen LogP) is 4.42. The van der Waals surface area contributed by atoms with E-state index < -0.39 is 0 Å². The van der Waals surface area contributed by atoms with Crippen molar-refractivity contribution in [2.24, 2.45) is 0 Å². The van der Waals surface area contributed by atoms with E-state index in [4.69, 9.17) is 18.6 Å². The Morgan fingerprint density at radius 3 is 2.45 bits per heavy atom. The average molecular weight is 454 g/mol. The summed E-state index contributed by atoms with van der Waals surface area (Å²) in [5.41, 5.74) is 2.07. The molecule has 176 valence electrons. The van der Waals surface area contributed by atoms with Crippen molar-refractivity contribution < 1.29 is 23.4 Å². The summed E-state index contributed by atoms with van der Waals surface area (Å²) in [6, 6.07) is 11.9. The molecule has 1 fully saturated rings. The minimum absolute atomic E-state index is 0.113. The van der Waals surface area contributed by atoms with Gasteiger partial charge in [0.2, 0.25) is 5.75 Å². The number of nitrogens with zero attached hydrogens (tertiary/aromatic N) is 2. The highest BCUT2D eigenvalue weighted by molar-refractivity contribution is 5.95. The minimum Gasteiger partial charge on any atom is -0.490 e. The number of nitrogens with one attached hydrogen (secondary N) is 1. The fraction of sp³-hybridized carbons (Fsp3) is 0.440. The van der Waals surface area contributed by atoms with E-state index in [9.17, 15) is 4.79 Å². The van der Waals surface area contributed by atoms with E-state index in [1.807, 2.05) is 45.0 Å². The van der Waals surface area contributed by atoms with Crippen LogP contribution in [-0.2, 0) is 0 Å². The molecule has 4 rings (SSSR count). The first kappa shape index (κ1) is 22.8. The van der Waals surface area contributed by atoms with Gasteiger partial charge in [0.25, 0.3) is 11.9 Å². The number of rotatable bonds is 10. The number of ether oxygens (including phenoxy) is 3. The summed E-state index contributed by atoms with van der Waals surface area (Å²) in [5.74, 6) is 1.34. The third-order valence-corrected chi connectivity index (χ3v) is 5.57. The van der Waals surface area contributed by atoms with Crippen LogP contribution in [0, 0.1) is 0 Å². The quantitative estimate of drug-likeness (QED) is 0.486. The number of fused-ring (bicyclic) bond motifs is 1. The number of oxazole rings is 1. The molecule has 0 saturated carbocycles. The van der Waals surface area contributed by atoms with Crippen LogP contribution in [0.4, 0.5) is 6.01 Å². The first-order valence-corrected chi connectivity index (χ1v) is 11.6. The maximum atomic E-state index is 13.0. The molecule has 3 aromatic rings. The molecule has 1 aromatic heterocycles. The second kappa shape index (κ2) is 10.5. The summed E-state index contributed by atoms with van der Waals surface area (Å²) in [7, 11) is 0. The van der Waals surface area contributed by atoms with Gasteiger partial charge in [-0.1, -0.05) is 12.1 Å². The minimum atomic E-state index is -0.190. The molecule has 8 nitrogen and oxygen atoms in total. The number of carbonyl (C=O) groups excluding carboxylic acids is 1. The Balaban J connectivity index is 1.49. The average Bonchev–Trinajstić information content (AvgIpc) is 3.46. The zero-order valence-electron chi connectivity index (χ0n) is 19.4. The smallest absolute Gasteiger partial charge is 0.298 e. The third-order valence-electron chi connectivity index (χ3n) is 5.57. The summed E-state index contributed by atoms with van der Waals surface area (Å²) in [5, 5.41) is 3.06. The monoisotopic (exact) mass is 453 g/mol. The van der Waals surface area contributed by atoms with Gasteiger partial charge in [-0.25, -0.2) is 0 Å². The van der Waals surface area contributed by atoms with Gasteiger partial charge in [-0.05, 0) is 57.9 Å². The Labute approximate surface area is 193 Å². The number of aromatic nitrogens is 1. The number of benzene rings is 2. The first-order chi connectivity index (χ1) is 16.1. The number of anilines is 1. The van der Waals surface area contributed by atoms with E-state index in [1.54, 1.807) is 12.1 Å². The predicted molar refractivity (Wildman–Crippen MR) is 127 cm³/mol. The number of amides is 1. The highest BCUT2D eigenvalue weighted by Gasteiger charge is 2.29. The summed E-state index contributed by atoms with van der Waals surface area (Å²) in [6.45, 7) is 8.40. The Morgan fingerprint density at radius 2 is 1.79 bits per heavy atom. The molecule has 2 heterocycles. The molecule has 0 bridgehead atoms. The molecule has 1 unspecified atom stereocenters. The molecule has 0 spiro atoms. The van der Waals surface area contributed by atoms with Gasteiger partial charge < -0.3 is 28.8 Å². The Kier molecular flexibility index (Phi) is 7.22. The van der Waals surface area contributed by atoms with Crippen molar-refractivity contribution >= 4 is 23.0 Å². The van der Waals surface area contributed by atoms with E-state index in [0.717, 1.165) is 30.5 Å². The molecule has 2 aromatic carbocycles. The maximum Gasteiger partial charge on any atom is 0.298 e. The van der Waals surface area contributed by atoms with Crippen molar-refractivity contribution in [2.45, 2.75) is 39.7 Å². The maximum absolute atomic E-state index is 13.0. The highest BCUT2D eigenvalue weighted by Crippen LogP contribution is 2.39. The zero-order valence-corrected chi connectivity index (χ0v) is 19.4. The highest BCUT2D eigenvalue weighted by atomic mass is 16.5. The second-order valence-electron chi connectivity index (χ2n) is 7.76. The standard InChI is InChI=1S/C25H31N3O5/c1-4-30-21-14-17(15-22(31-5-2)23(21)32-6-3)24(29)26-16-18-10-9-13-28(18)25-27-19-11-7-8-12-20(19)33-25/h7-8,11-12,14-15,18H,4-6,9-10,13,16H2,1-3H3,(H,26,29). The van der Waals surface area contributed by atoms with Crippen LogP contribution in [0.25, 0.3) is 11.1 Å². The second-order valence-corrected chi connectivity index (χ2v) is 7.76. The van der Waals surface area contributed by atoms with Gasteiger partial charge >= 0.3 is 0 Å². The van der Waals surface area contributed by atoms with Crippen LogP contribution in [0.15, 0.2) is 40.8 Å². The number of hydrogen-bond acceptors (Lipinski definition) is 7. The normalized spacial score (nSPS) is 15.6. The van der Waals surface area contributed by atoms with E-state index in [1.165, 1.54) is 0 Å². The third kappa shape index (κ3) is 4.99. The molecule has 1 N–H and O–H groups in total. The van der Waals surface area contributed by atoms with E-state index in [-0.39, 0.29) is 11.9 Å². The van der Waals surface area contributed by atoms with Gasteiger partial charge in [-0.3, -0.25) is 4.79 Å². The summed E-state index contributed by atoms with van der Waals surface area (Å²) in [6.07, 6.45) is 1.97. The van der Waals surface area contributed by atoms with E-state index in [0.29, 0.717) is 55.2 Å². The van der Waals surface area contributed by atoms with Crippen molar-refractivity contribution in [2.75, 3.05) is 37.8 Å². The van der Waals surface area contributed by atoms with Crippen molar-refractivity contribution in [3.8, 4) is 17.2 Å². The topological polar surface area (TPSA) is 86.1 Å². The van der Waals surface area contributed by atoms with Crippen LogP contribution in [0.5, 0.6) is 17.2 Å². The number of para-hydroxylation sites is 2. The lowest BCUT2D eigenvalue weighted by atomic mass is 10.1. The van der Waals surface area contributed by atoms with E-state index >= 15 is 0 Å². The number of carbonyl (C=O) groups is 1. The fourth-order valence-electron chi connectivity index (χ4n) is 4.11. The first-order valence-electron chi connectivity index (χ1n) is 11.6. The van der Waals surface area contributed by atoms with Gasteiger partial charge in [-0.15, -0.1) is 0 Å². The molecular formula is C25H31N3O5. The van der Waals surface area contributed by atoms with Crippen molar-refractivity contribution in [1.29, 1.82) is 0 Å². The Hall–Kier alpha value is -3.42. The van der Waals surface area contributed by atoms with Crippen LogP contribution in [0.1, 0.15) is 44.0 Å². The lowest BCUT2D eigenvalue weighted by Gasteiger charge is -2.23. The van der Waals surface area contributed by atoms with Gasteiger partial charge in [0, 0.05) is 18.7 Å². The van der Waals surface area contributed by atoms with Crippen LogP contribution in [0.2, 0.25) is 0 Å². The SMILES string of the molecule is CCOc1cc(C(=O)NCC2CCCN2c2nc3ccccc3o2)cc(OCC)c1OCC. The molecule has 8 heteroatoms. The zero-order chi connectivity index (χ0) is 23.2. The summed E-state index contributed by atoms with van der Waals surface area (Å²) >= 11 is 0. The summed E-state index contributed by atoms with van der Waals surface area (Å²) < 4.78 is 23.2. The van der Waals surface area contributed by atoms with Crippen molar-refractivity contribution in [1.82, 2.24) is 10.3 Å². The molecule has 1 aliphatic heterocycles. The van der Waals surface area contributed by atoms with Crippen molar-refractivity contribution in [3.63, 3.8) is 0 Å². The molecule has 1 amide bonds. The fourth-order valence-corrected chi connectivity index (χ4v) is 4.11. The van der Waals surface area contributed by atoms with Gasteiger partial charge in [0.1, 0.15) is 5.52 Å². The van der Waals surface area contributed by atoms with Crippen LogP contribution in [-0.4, -0.2) is 49.8 Å². The van der Waals surface area contributed by atoms with Gasteiger partial charge in [0.05, 0.1) is 25.9 Å². The molecule has 1 aliphatic rings. The van der Waals surface area contributed by atoms with E-state index in [2.05, 4.69) is 15.2 Å². The molecule has 0 aliphatic carbocycles. The molecule has 0 radical (unpaired) electrons.